The Morgan fingerprint density at radius 3 is 2.94 bits per heavy atom. The molecule has 162 valence electrons. The summed E-state index contributed by atoms with van der Waals surface area (Å²) in [5, 5.41) is 29.2. The lowest BCUT2D eigenvalue weighted by molar-refractivity contribution is -0.146. The third-order valence-corrected chi connectivity index (χ3v) is 7.47. The monoisotopic (exact) mass is 499 g/mol. The van der Waals surface area contributed by atoms with Crippen LogP contribution in [0, 0.1) is 0 Å². The van der Waals surface area contributed by atoms with E-state index in [0.717, 1.165) is 11.3 Å². The highest BCUT2D eigenvalue weighted by molar-refractivity contribution is 8.01. The molecule has 4 rings (SSSR count). The number of anilines is 1. The van der Waals surface area contributed by atoms with E-state index in [1.54, 1.807) is 0 Å². The zero-order valence-corrected chi connectivity index (χ0v) is 18.6. The Kier molecular flexibility index (Phi) is 6.17. The van der Waals surface area contributed by atoms with Crippen molar-refractivity contribution in [1.29, 1.82) is 0 Å². The van der Waals surface area contributed by atoms with Gasteiger partial charge in [0.15, 0.2) is 10.8 Å². The third-order valence-electron chi connectivity index (χ3n) is 4.32. The summed E-state index contributed by atoms with van der Waals surface area (Å²) in [7, 11) is 0. The first-order chi connectivity index (χ1) is 14.9. The number of β-lactam (4-membered cyclic amide) rings is 1. The number of fused-ring (bicyclic) bond motifs is 1. The number of hydrogen-bond donors (Lipinski definition) is 5. The molecule has 2 amide bonds. The molecule has 0 aliphatic carbocycles. The highest BCUT2D eigenvalue weighted by Gasteiger charge is 2.53. The molecular weight excluding hydrogens is 486 g/mol. The molecule has 0 saturated carbocycles. The smallest absolute Gasteiger partial charge is 0.276 e. The van der Waals surface area contributed by atoms with Gasteiger partial charge in [0.25, 0.3) is 11.8 Å². The molecule has 31 heavy (non-hydrogen) atoms. The number of nitrogens with zero attached hydrogens (tertiary/aromatic N) is 6. The van der Waals surface area contributed by atoms with Crippen molar-refractivity contribution in [3.63, 3.8) is 0 Å². The summed E-state index contributed by atoms with van der Waals surface area (Å²) < 4.78 is 0. The molecule has 1 fully saturated rings. The second-order valence-corrected chi connectivity index (χ2v) is 9.46. The number of carbonyl (C=O) groups is 3. The van der Waals surface area contributed by atoms with Gasteiger partial charge in [0.1, 0.15) is 22.8 Å². The Morgan fingerprint density at radius 2 is 2.32 bits per heavy atom. The lowest BCUT2D eigenvalue weighted by atomic mass is 10.0. The number of tetrazole rings is 1. The quantitative estimate of drug-likeness (QED) is 0.0809. The molecular formula is C14H13N9O4S4. The average Bonchev–Trinajstić information content (AvgIpc) is 3.42. The van der Waals surface area contributed by atoms with Crippen LogP contribution in [-0.4, -0.2) is 81.3 Å². The molecule has 0 unspecified atom stereocenters. The first-order valence-electron chi connectivity index (χ1n) is 8.41. The summed E-state index contributed by atoms with van der Waals surface area (Å²) in [6.07, 6.45) is 0. The van der Waals surface area contributed by atoms with Gasteiger partial charge in [-0.05, 0) is 10.8 Å². The number of hydrogen-bond acceptors (Lipinski definition) is 13. The molecule has 4 heterocycles. The second kappa shape index (κ2) is 8.85. The highest BCUT2D eigenvalue weighted by atomic mass is 32.2. The number of nitrogens with one attached hydrogen (secondary N) is 2. The maximum absolute atomic E-state index is 12.8. The number of H-pyrrole nitrogens is 1. The van der Waals surface area contributed by atoms with Gasteiger partial charge in [0, 0.05) is 16.9 Å². The molecule has 0 bridgehead atoms. The summed E-state index contributed by atoms with van der Waals surface area (Å²) in [5.74, 6) is -0.446. The predicted molar refractivity (Wildman–Crippen MR) is 116 cm³/mol. The zero-order chi connectivity index (χ0) is 22.1. The molecule has 5 N–H and O–H groups in total. The minimum absolute atomic E-state index is 0.0920. The van der Waals surface area contributed by atoms with Crippen LogP contribution in [0.15, 0.2) is 27.0 Å². The third kappa shape index (κ3) is 4.12. The molecule has 2 aromatic rings. The van der Waals surface area contributed by atoms with Crippen LogP contribution in [0.2, 0.25) is 0 Å². The molecule has 0 radical (unpaired) electrons. The van der Waals surface area contributed by atoms with Crippen molar-refractivity contribution in [2.24, 2.45) is 5.16 Å². The van der Waals surface area contributed by atoms with Crippen LogP contribution in [0.3, 0.4) is 0 Å². The fourth-order valence-corrected chi connectivity index (χ4v) is 6.01. The second-order valence-electron chi connectivity index (χ2n) is 6.12. The summed E-state index contributed by atoms with van der Waals surface area (Å²) in [5.41, 5.74) is 6.16. The standard InChI is InChI=1S/C14H13N9O4S4/c15-13-16-5(3-30-13)6(20-27)9(24)17-7-10(25)23-8(12(26)28)4(1-29-11(7)23)2-31-14-18-21-22-19-14/h3,7,11,27H,1-2H2,(H2,15,16)(H,17,24)(H,26,28)(H,18,19,21,22)/b20-6+/t7-,11-/m1/s1. The molecule has 0 aromatic carbocycles. The average molecular weight is 500 g/mol. The number of amides is 2. The van der Waals surface area contributed by atoms with Gasteiger partial charge in [-0.2, -0.15) is 5.21 Å². The number of thiol groups is 1. The van der Waals surface area contributed by atoms with Crippen LogP contribution in [0.25, 0.3) is 0 Å². The number of thioether (sulfide) groups is 2. The van der Waals surface area contributed by atoms with Crippen molar-refractivity contribution < 1.29 is 19.6 Å². The molecule has 2 aliphatic heterocycles. The number of aromatic nitrogens is 5. The van der Waals surface area contributed by atoms with Gasteiger partial charge in [-0.1, -0.05) is 29.5 Å². The van der Waals surface area contributed by atoms with E-state index in [0.29, 0.717) is 22.2 Å². The van der Waals surface area contributed by atoms with E-state index < -0.39 is 28.3 Å². The SMILES string of the molecule is Nc1nc(/C(=N\O)C(=O)N[C@@H]2C(=O)N3C(C(=O)S)=C(CSc4nn[nH]n4)CS[C@H]23)cs1. The highest BCUT2D eigenvalue weighted by Crippen LogP contribution is 2.42. The molecule has 2 atom stereocenters. The number of aromatic amines is 1. The van der Waals surface area contributed by atoms with Crippen molar-refractivity contribution in [1.82, 2.24) is 35.8 Å². The molecule has 1 saturated heterocycles. The normalized spacial score (nSPS) is 21.0. The van der Waals surface area contributed by atoms with Gasteiger partial charge in [-0.3, -0.25) is 19.3 Å². The number of oxime groups is 1. The van der Waals surface area contributed by atoms with Gasteiger partial charge >= 0.3 is 0 Å². The summed E-state index contributed by atoms with van der Waals surface area (Å²) in [6, 6.07) is -0.903. The zero-order valence-electron chi connectivity index (χ0n) is 15.3. The van der Waals surface area contributed by atoms with E-state index in [2.05, 4.69) is 48.7 Å². The Hall–Kier alpha value is -2.63. The Balaban J connectivity index is 1.48. The molecule has 0 spiro atoms. The molecule has 2 aromatic heterocycles. The van der Waals surface area contributed by atoms with Gasteiger partial charge in [0.2, 0.25) is 10.3 Å². The van der Waals surface area contributed by atoms with Crippen molar-refractivity contribution in [3.05, 3.63) is 22.3 Å². The first kappa shape index (κ1) is 21.6. The van der Waals surface area contributed by atoms with Crippen LogP contribution in [-0.2, 0) is 14.4 Å². The van der Waals surface area contributed by atoms with Gasteiger partial charge in [-0.15, -0.1) is 33.3 Å². The van der Waals surface area contributed by atoms with E-state index >= 15 is 0 Å². The summed E-state index contributed by atoms with van der Waals surface area (Å²) in [4.78, 5) is 42.7. The first-order valence-corrected chi connectivity index (χ1v) is 11.8. The fourth-order valence-electron chi connectivity index (χ4n) is 2.98. The Labute approximate surface area is 191 Å². The maximum atomic E-state index is 12.8. The Morgan fingerprint density at radius 1 is 1.52 bits per heavy atom. The van der Waals surface area contributed by atoms with Gasteiger partial charge in [0.05, 0.1) is 0 Å². The van der Waals surface area contributed by atoms with Gasteiger partial charge in [-0.25, -0.2) is 4.98 Å². The minimum Gasteiger partial charge on any atom is -0.410 e. The van der Waals surface area contributed by atoms with E-state index in [9.17, 15) is 19.6 Å². The van der Waals surface area contributed by atoms with Crippen molar-refractivity contribution in [2.45, 2.75) is 16.6 Å². The summed E-state index contributed by atoms with van der Waals surface area (Å²) in [6.45, 7) is 0. The van der Waals surface area contributed by atoms with E-state index in [4.69, 9.17) is 5.73 Å². The largest absolute Gasteiger partial charge is 0.410 e. The molecule has 2 aliphatic rings. The number of carbonyl (C=O) groups excluding carboxylic acids is 3. The van der Waals surface area contributed by atoms with Crippen LogP contribution < -0.4 is 11.1 Å². The number of thiazole rings is 1. The van der Waals surface area contributed by atoms with Crippen LogP contribution in [0.1, 0.15) is 5.69 Å². The minimum atomic E-state index is -0.903. The van der Waals surface area contributed by atoms with Crippen molar-refractivity contribution in [2.75, 3.05) is 17.2 Å². The van der Waals surface area contributed by atoms with Crippen LogP contribution in [0.5, 0.6) is 0 Å². The number of rotatable bonds is 7. The van der Waals surface area contributed by atoms with Crippen molar-refractivity contribution >= 4 is 75.3 Å². The number of nitrogens with two attached hydrogens (primary N) is 1. The molecule has 17 heteroatoms. The number of nitrogen functional groups attached to an aromatic ring is 1. The van der Waals surface area contributed by atoms with Crippen LogP contribution >= 0.6 is 47.5 Å². The predicted octanol–water partition coefficient (Wildman–Crippen LogP) is -0.681. The lowest BCUT2D eigenvalue weighted by Crippen LogP contribution is -2.71. The Bertz CT molecular complexity index is 1100. The molecule has 13 nitrogen and oxygen atoms in total. The van der Waals surface area contributed by atoms with E-state index in [1.807, 2.05) is 0 Å². The van der Waals surface area contributed by atoms with E-state index in [-0.39, 0.29) is 22.2 Å². The maximum Gasteiger partial charge on any atom is 0.276 e. The summed E-state index contributed by atoms with van der Waals surface area (Å²) >= 11 is 7.65. The van der Waals surface area contributed by atoms with Gasteiger partial charge < -0.3 is 16.3 Å². The lowest BCUT2D eigenvalue weighted by Gasteiger charge is -2.49. The van der Waals surface area contributed by atoms with Crippen LogP contribution in [0.4, 0.5) is 5.13 Å². The van der Waals surface area contributed by atoms with Crippen molar-refractivity contribution in [3.8, 4) is 0 Å². The van der Waals surface area contributed by atoms with E-state index in [1.165, 1.54) is 33.8 Å². The topological polar surface area (TPSA) is 192 Å². The fraction of sp³-hybridized carbons (Fsp3) is 0.286.